The molecule has 2 rings (SSSR count). The van der Waals surface area contributed by atoms with E-state index in [1.54, 1.807) is 0 Å². The molecule has 0 saturated heterocycles. The summed E-state index contributed by atoms with van der Waals surface area (Å²) >= 11 is 0. The average molecular weight is 185 g/mol. The van der Waals surface area contributed by atoms with Crippen molar-refractivity contribution in [2.45, 2.75) is 19.4 Å². The lowest BCUT2D eigenvalue weighted by molar-refractivity contribution is 0.886. The van der Waals surface area contributed by atoms with E-state index >= 15 is 0 Å². The summed E-state index contributed by atoms with van der Waals surface area (Å²) in [6.07, 6.45) is 5.20. The molecule has 0 amide bonds. The molecule has 0 aromatic heterocycles. The van der Waals surface area contributed by atoms with Gasteiger partial charge in [0.2, 0.25) is 0 Å². The van der Waals surface area contributed by atoms with Crippen molar-refractivity contribution in [1.29, 1.82) is 0 Å². The van der Waals surface area contributed by atoms with E-state index in [1.165, 1.54) is 16.8 Å². The van der Waals surface area contributed by atoms with Crippen molar-refractivity contribution in [3.05, 3.63) is 48.6 Å². The van der Waals surface area contributed by atoms with E-state index in [2.05, 4.69) is 49.2 Å². The molecule has 72 valence electrons. The first-order chi connectivity index (χ1) is 6.81. The Morgan fingerprint density at radius 2 is 2.21 bits per heavy atom. The van der Waals surface area contributed by atoms with Gasteiger partial charge in [0.25, 0.3) is 0 Å². The minimum atomic E-state index is 0.405. The van der Waals surface area contributed by atoms with Gasteiger partial charge in [0.05, 0.1) is 0 Å². The van der Waals surface area contributed by atoms with Crippen LogP contribution in [-0.2, 0) is 0 Å². The number of nitrogens with one attached hydrogen (secondary N) is 1. The Hall–Kier alpha value is -1.50. The van der Waals surface area contributed by atoms with Crippen LogP contribution in [0.15, 0.2) is 43.0 Å². The molecule has 0 fully saturated rings. The molecule has 0 bridgehead atoms. The predicted molar refractivity (Wildman–Crippen MR) is 62.3 cm³/mol. The highest BCUT2D eigenvalue weighted by molar-refractivity contribution is 5.78. The Labute approximate surface area is 85.2 Å². The molecule has 1 unspecified atom stereocenters. The fourth-order valence-electron chi connectivity index (χ4n) is 1.89. The van der Waals surface area contributed by atoms with Crippen LogP contribution in [0.3, 0.4) is 0 Å². The summed E-state index contributed by atoms with van der Waals surface area (Å²) in [5, 5.41) is 3.48. The highest BCUT2D eigenvalue weighted by atomic mass is 14.9. The van der Waals surface area contributed by atoms with Gasteiger partial charge in [-0.25, -0.2) is 0 Å². The van der Waals surface area contributed by atoms with E-state index < -0.39 is 0 Å². The molecule has 1 nitrogen and oxygen atoms in total. The Morgan fingerprint density at radius 1 is 1.43 bits per heavy atom. The van der Waals surface area contributed by atoms with Gasteiger partial charge in [-0.1, -0.05) is 30.4 Å². The molecule has 0 spiro atoms. The van der Waals surface area contributed by atoms with Gasteiger partial charge in [-0.2, -0.15) is 0 Å². The van der Waals surface area contributed by atoms with Gasteiger partial charge in [0.15, 0.2) is 0 Å². The molecule has 1 aliphatic heterocycles. The Morgan fingerprint density at radius 3 is 3.00 bits per heavy atom. The van der Waals surface area contributed by atoms with Crippen LogP contribution in [0, 0.1) is 0 Å². The third-order valence-corrected chi connectivity index (χ3v) is 2.56. The summed E-state index contributed by atoms with van der Waals surface area (Å²) < 4.78 is 0. The number of allylic oxidation sites excluding steroid dienone is 1. The third kappa shape index (κ3) is 1.58. The number of fused-ring (bicyclic) bond motifs is 1. The number of para-hydroxylation sites is 1. The second kappa shape index (κ2) is 3.70. The zero-order chi connectivity index (χ0) is 9.97. The van der Waals surface area contributed by atoms with Crippen LogP contribution in [0.1, 0.15) is 18.9 Å². The molecule has 0 aliphatic carbocycles. The molecule has 1 aliphatic rings. The number of rotatable bonds is 2. The monoisotopic (exact) mass is 185 g/mol. The Bertz CT molecular complexity index is 377. The molecule has 1 atom stereocenters. The molecule has 1 N–H and O–H groups in total. The first-order valence-electron chi connectivity index (χ1n) is 4.96. The number of hydrogen-bond acceptors (Lipinski definition) is 1. The Kier molecular flexibility index (Phi) is 2.40. The van der Waals surface area contributed by atoms with Crippen LogP contribution in [-0.4, -0.2) is 6.04 Å². The van der Waals surface area contributed by atoms with Crippen LogP contribution in [0.2, 0.25) is 0 Å². The van der Waals surface area contributed by atoms with Gasteiger partial charge in [-0.15, -0.1) is 6.58 Å². The maximum Gasteiger partial charge on any atom is 0.0484 e. The van der Waals surface area contributed by atoms with Crippen molar-refractivity contribution < 1.29 is 0 Å². The zero-order valence-corrected chi connectivity index (χ0v) is 8.46. The predicted octanol–water partition coefficient (Wildman–Crippen LogP) is 3.46. The minimum Gasteiger partial charge on any atom is -0.378 e. The number of anilines is 1. The van der Waals surface area contributed by atoms with E-state index in [1.807, 2.05) is 6.08 Å². The van der Waals surface area contributed by atoms with Crippen molar-refractivity contribution in [2.75, 3.05) is 5.32 Å². The standard InChI is InChI=1S/C13H15N/c1-3-6-11-9-10(2)12-7-4-5-8-13(12)14-11/h3-5,7-9,11,14H,1,6H2,2H3. The first-order valence-corrected chi connectivity index (χ1v) is 4.96. The van der Waals surface area contributed by atoms with E-state index in [4.69, 9.17) is 0 Å². The van der Waals surface area contributed by atoms with Crippen molar-refractivity contribution in [1.82, 2.24) is 0 Å². The molecule has 0 radical (unpaired) electrons. The lowest BCUT2D eigenvalue weighted by Crippen LogP contribution is -2.20. The van der Waals surface area contributed by atoms with E-state index in [0.29, 0.717) is 6.04 Å². The van der Waals surface area contributed by atoms with Crippen LogP contribution < -0.4 is 5.32 Å². The second-order valence-electron chi connectivity index (χ2n) is 3.67. The van der Waals surface area contributed by atoms with Gasteiger partial charge in [0, 0.05) is 17.3 Å². The summed E-state index contributed by atoms with van der Waals surface area (Å²) in [5.41, 5.74) is 3.90. The van der Waals surface area contributed by atoms with E-state index in [-0.39, 0.29) is 0 Å². The van der Waals surface area contributed by atoms with Crippen LogP contribution >= 0.6 is 0 Å². The van der Waals surface area contributed by atoms with Gasteiger partial charge < -0.3 is 5.32 Å². The molecule has 1 heteroatoms. The minimum absolute atomic E-state index is 0.405. The van der Waals surface area contributed by atoms with Gasteiger partial charge >= 0.3 is 0 Å². The quantitative estimate of drug-likeness (QED) is 0.696. The number of benzene rings is 1. The van der Waals surface area contributed by atoms with Crippen LogP contribution in [0.5, 0.6) is 0 Å². The average Bonchev–Trinajstić information content (AvgIpc) is 2.18. The zero-order valence-electron chi connectivity index (χ0n) is 8.46. The molecule has 0 saturated carbocycles. The highest BCUT2D eigenvalue weighted by Gasteiger charge is 2.13. The van der Waals surface area contributed by atoms with Crippen molar-refractivity contribution in [3.8, 4) is 0 Å². The van der Waals surface area contributed by atoms with Crippen molar-refractivity contribution >= 4 is 11.3 Å². The molecule has 1 aromatic rings. The van der Waals surface area contributed by atoms with Gasteiger partial charge in [-0.05, 0) is 25.0 Å². The lowest BCUT2D eigenvalue weighted by atomic mass is 9.97. The molecule has 1 aromatic carbocycles. The normalized spacial score (nSPS) is 19.2. The SMILES string of the molecule is C=CCC1C=C(C)c2ccccc2N1. The van der Waals surface area contributed by atoms with Crippen LogP contribution in [0.4, 0.5) is 5.69 Å². The maximum atomic E-state index is 3.77. The van der Waals surface area contributed by atoms with Crippen molar-refractivity contribution in [3.63, 3.8) is 0 Å². The summed E-state index contributed by atoms with van der Waals surface area (Å²) in [5.74, 6) is 0. The van der Waals surface area contributed by atoms with Gasteiger partial charge in [-0.3, -0.25) is 0 Å². The fourth-order valence-corrected chi connectivity index (χ4v) is 1.89. The lowest BCUT2D eigenvalue weighted by Gasteiger charge is -2.24. The number of hydrogen-bond donors (Lipinski definition) is 1. The van der Waals surface area contributed by atoms with Crippen LogP contribution in [0.25, 0.3) is 5.57 Å². The maximum absolute atomic E-state index is 3.77. The Balaban J connectivity index is 2.34. The topological polar surface area (TPSA) is 12.0 Å². The van der Waals surface area contributed by atoms with Crippen molar-refractivity contribution in [2.24, 2.45) is 0 Å². The summed E-state index contributed by atoms with van der Waals surface area (Å²) in [6.45, 7) is 5.93. The molecule has 1 heterocycles. The summed E-state index contributed by atoms with van der Waals surface area (Å²) in [7, 11) is 0. The molecular weight excluding hydrogens is 170 g/mol. The first kappa shape index (κ1) is 9.07. The highest BCUT2D eigenvalue weighted by Crippen LogP contribution is 2.29. The smallest absolute Gasteiger partial charge is 0.0484 e. The molecular formula is C13H15N. The fraction of sp³-hybridized carbons (Fsp3) is 0.231. The third-order valence-electron chi connectivity index (χ3n) is 2.56. The second-order valence-corrected chi connectivity index (χ2v) is 3.67. The van der Waals surface area contributed by atoms with Gasteiger partial charge in [0.1, 0.15) is 0 Å². The summed E-state index contributed by atoms with van der Waals surface area (Å²) in [6, 6.07) is 8.82. The van der Waals surface area contributed by atoms with E-state index in [9.17, 15) is 0 Å². The largest absolute Gasteiger partial charge is 0.378 e. The molecule has 14 heavy (non-hydrogen) atoms. The summed E-state index contributed by atoms with van der Waals surface area (Å²) in [4.78, 5) is 0. The van der Waals surface area contributed by atoms with E-state index in [0.717, 1.165) is 6.42 Å².